The van der Waals surface area contributed by atoms with Crippen LogP contribution in [0.3, 0.4) is 0 Å². The number of carbonyl (C=O) groups excluding carboxylic acids is 5. The van der Waals surface area contributed by atoms with Crippen molar-refractivity contribution in [2.24, 2.45) is 23.7 Å². The van der Waals surface area contributed by atoms with E-state index in [0.29, 0.717) is 49.5 Å². The van der Waals surface area contributed by atoms with Crippen molar-refractivity contribution in [3.63, 3.8) is 0 Å². The Morgan fingerprint density at radius 1 is 0.560 bits per heavy atom. The van der Waals surface area contributed by atoms with Crippen LogP contribution in [-0.4, -0.2) is 56.1 Å². The summed E-state index contributed by atoms with van der Waals surface area (Å²) in [5, 5.41) is 0. The number of ether oxygens (including phenoxy) is 5. The molecule has 0 radical (unpaired) electrons. The standard InChI is InChI=1S/C40H48O10/c1-3-34(41)27-30-7-13-32(14-8-30)39(44)49-35-19-9-28(10-20-35)5-6-29-11-21-36(22-12-29)50-40(45)33-17-15-31(16-18-33)38(43)48-26-24-46-23-25-47-37(42)4-2/h3-4,9-12,19-22,30-33H,1-2,5-8,13-18,23-27H2. The van der Waals surface area contributed by atoms with E-state index in [1.807, 2.05) is 36.4 Å². The molecule has 2 aromatic carbocycles. The van der Waals surface area contributed by atoms with Gasteiger partial charge in [-0.1, -0.05) is 37.4 Å². The molecule has 0 atom stereocenters. The SMILES string of the molecule is C=CC(=O)CC1CCC(C(=O)Oc2ccc(CCc3ccc(OC(=O)C4CCC(C(=O)OCCOCCOC(=O)C=C)CC4)cc3)cc2)CC1. The van der Waals surface area contributed by atoms with E-state index in [1.165, 1.54) is 6.08 Å². The molecule has 268 valence electrons. The van der Waals surface area contributed by atoms with Crippen LogP contribution in [0.1, 0.15) is 68.9 Å². The highest BCUT2D eigenvalue weighted by Crippen LogP contribution is 2.33. The predicted octanol–water partition coefficient (Wildman–Crippen LogP) is 6.33. The second-order valence-corrected chi connectivity index (χ2v) is 12.9. The molecule has 50 heavy (non-hydrogen) atoms. The third kappa shape index (κ3) is 12.7. The van der Waals surface area contributed by atoms with Gasteiger partial charge in [0.1, 0.15) is 24.7 Å². The quantitative estimate of drug-likeness (QED) is 0.0758. The van der Waals surface area contributed by atoms with Gasteiger partial charge >= 0.3 is 23.9 Å². The molecule has 10 nitrogen and oxygen atoms in total. The number of aryl methyl sites for hydroxylation is 2. The van der Waals surface area contributed by atoms with Gasteiger partial charge in [0, 0.05) is 12.5 Å². The maximum absolute atomic E-state index is 12.8. The molecule has 0 aliphatic heterocycles. The Bertz CT molecular complexity index is 1450. The zero-order valence-electron chi connectivity index (χ0n) is 28.7. The van der Waals surface area contributed by atoms with Crippen molar-refractivity contribution in [1.29, 1.82) is 0 Å². The van der Waals surface area contributed by atoms with Gasteiger partial charge in [-0.25, -0.2) is 4.79 Å². The summed E-state index contributed by atoms with van der Waals surface area (Å²) in [6, 6.07) is 15.1. The molecule has 2 aliphatic rings. The third-order valence-corrected chi connectivity index (χ3v) is 9.39. The molecule has 0 aromatic heterocycles. The largest absolute Gasteiger partial charge is 0.463 e. The Morgan fingerprint density at radius 2 is 1.00 bits per heavy atom. The summed E-state index contributed by atoms with van der Waals surface area (Å²) < 4.78 is 26.7. The zero-order chi connectivity index (χ0) is 35.7. The number of hydrogen-bond donors (Lipinski definition) is 0. The van der Waals surface area contributed by atoms with E-state index in [0.717, 1.165) is 55.7 Å². The topological polar surface area (TPSA) is 132 Å². The van der Waals surface area contributed by atoms with Gasteiger partial charge in [0.2, 0.25) is 0 Å². The summed E-state index contributed by atoms with van der Waals surface area (Å²) in [7, 11) is 0. The first-order chi connectivity index (χ1) is 24.2. The molecular weight excluding hydrogens is 640 g/mol. The van der Waals surface area contributed by atoms with Crippen LogP contribution >= 0.6 is 0 Å². The molecule has 0 N–H and O–H groups in total. The lowest BCUT2D eigenvalue weighted by molar-refractivity contribution is -0.153. The fourth-order valence-corrected chi connectivity index (χ4v) is 6.35. The van der Waals surface area contributed by atoms with Gasteiger partial charge in [0.25, 0.3) is 0 Å². The van der Waals surface area contributed by atoms with Crippen molar-refractivity contribution in [3.05, 3.63) is 85.0 Å². The van der Waals surface area contributed by atoms with Crippen molar-refractivity contribution < 1.29 is 47.7 Å². The molecule has 0 bridgehead atoms. The molecule has 0 saturated heterocycles. The summed E-state index contributed by atoms with van der Waals surface area (Å²) in [6.07, 6.45) is 9.95. The van der Waals surface area contributed by atoms with Crippen molar-refractivity contribution in [2.75, 3.05) is 26.4 Å². The van der Waals surface area contributed by atoms with E-state index in [1.54, 1.807) is 12.1 Å². The van der Waals surface area contributed by atoms with Crippen molar-refractivity contribution in [1.82, 2.24) is 0 Å². The number of esters is 4. The van der Waals surface area contributed by atoms with Crippen molar-refractivity contribution in [2.45, 2.75) is 70.6 Å². The van der Waals surface area contributed by atoms with Gasteiger partial charge < -0.3 is 23.7 Å². The van der Waals surface area contributed by atoms with Crippen LogP contribution in [0.15, 0.2) is 73.8 Å². The van der Waals surface area contributed by atoms with Gasteiger partial charge in [-0.3, -0.25) is 19.2 Å². The Morgan fingerprint density at radius 3 is 1.46 bits per heavy atom. The molecule has 2 fully saturated rings. The third-order valence-electron chi connectivity index (χ3n) is 9.39. The van der Waals surface area contributed by atoms with E-state index in [4.69, 9.17) is 23.7 Å². The van der Waals surface area contributed by atoms with Crippen molar-refractivity contribution in [3.8, 4) is 11.5 Å². The minimum Gasteiger partial charge on any atom is -0.463 e. The predicted molar refractivity (Wildman–Crippen MR) is 185 cm³/mol. The summed E-state index contributed by atoms with van der Waals surface area (Å²) in [4.78, 5) is 60.5. The Labute approximate surface area is 294 Å². The number of hydrogen-bond acceptors (Lipinski definition) is 10. The number of benzene rings is 2. The lowest BCUT2D eigenvalue weighted by atomic mass is 9.80. The van der Waals surface area contributed by atoms with Gasteiger partial charge in [-0.2, -0.15) is 0 Å². The lowest BCUT2D eigenvalue weighted by Gasteiger charge is -2.26. The lowest BCUT2D eigenvalue weighted by Crippen LogP contribution is -2.30. The number of carbonyl (C=O) groups is 5. The summed E-state index contributed by atoms with van der Waals surface area (Å²) >= 11 is 0. The Balaban J connectivity index is 1.09. The highest BCUT2D eigenvalue weighted by Gasteiger charge is 2.32. The minimum atomic E-state index is -0.516. The Hall–Kier alpha value is -4.57. The van der Waals surface area contributed by atoms with E-state index >= 15 is 0 Å². The van der Waals surface area contributed by atoms with Gasteiger partial charge in [-0.15, -0.1) is 0 Å². The fraction of sp³-hybridized carbons (Fsp3) is 0.475. The van der Waals surface area contributed by atoms with Gasteiger partial charge in [0.15, 0.2) is 5.78 Å². The van der Waals surface area contributed by atoms with Crippen LogP contribution in [0.25, 0.3) is 0 Å². The molecule has 0 unspecified atom stereocenters. The Kier molecular flexibility index (Phi) is 15.4. The van der Waals surface area contributed by atoms with Gasteiger partial charge in [-0.05, 0) is 112 Å². The average molecular weight is 689 g/mol. The minimum absolute atomic E-state index is 0.0625. The van der Waals surface area contributed by atoms with Crippen LogP contribution in [0.4, 0.5) is 0 Å². The molecule has 2 aromatic rings. The van der Waals surface area contributed by atoms with Crippen LogP contribution in [-0.2, 0) is 51.0 Å². The number of rotatable bonds is 18. The first kappa shape index (κ1) is 38.2. The highest BCUT2D eigenvalue weighted by atomic mass is 16.6. The first-order valence-electron chi connectivity index (χ1n) is 17.5. The van der Waals surface area contributed by atoms with Crippen LogP contribution < -0.4 is 9.47 Å². The average Bonchev–Trinajstić information content (AvgIpc) is 3.14. The molecule has 0 heterocycles. The van der Waals surface area contributed by atoms with Gasteiger partial charge in [0.05, 0.1) is 31.0 Å². The van der Waals surface area contributed by atoms with E-state index in [-0.39, 0.29) is 67.9 Å². The number of ketones is 1. The molecule has 2 saturated carbocycles. The smallest absolute Gasteiger partial charge is 0.330 e. The van der Waals surface area contributed by atoms with Crippen molar-refractivity contribution >= 4 is 29.7 Å². The number of allylic oxidation sites excluding steroid dienone is 1. The second-order valence-electron chi connectivity index (χ2n) is 12.9. The molecule has 2 aliphatic carbocycles. The molecule has 0 amide bonds. The van der Waals surface area contributed by atoms with E-state index in [9.17, 15) is 24.0 Å². The first-order valence-corrected chi connectivity index (χ1v) is 17.5. The van der Waals surface area contributed by atoms with E-state index < -0.39 is 5.97 Å². The molecular formula is C40H48O10. The van der Waals surface area contributed by atoms with Crippen LogP contribution in [0, 0.1) is 23.7 Å². The molecule has 4 rings (SSSR count). The summed E-state index contributed by atoms with van der Waals surface area (Å²) in [6.45, 7) is 7.47. The highest BCUT2D eigenvalue weighted by molar-refractivity contribution is 5.89. The molecule has 0 spiro atoms. The fourth-order valence-electron chi connectivity index (χ4n) is 6.35. The zero-order valence-corrected chi connectivity index (χ0v) is 28.7. The summed E-state index contributed by atoms with van der Waals surface area (Å²) in [5.41, 5.74) is 2.22. The van der Waals surface area contributed by atoms with Crippen LogP contribution in [0.5, 0.6) is 11.5 Å². The monoisotopic (exact) mass is 688 g/mol. The normalized spacial score (nSPS) is 20.2. The summed E-state index contributed by atoms with van der Waals surface area (Å²) in [5.74, 6) is -0.552. The maximum Gasteiger partial charge on any atom is 0.330 e. The second kappa shape index (κ2) is 20.2. The maximum atomic E-state index is 12.8. The van der Waals surface area contributed by atoms with Crippen LogP contribution in [0.2, 0.25) is 0 Å². The molecule has 10 heteroatoms. The van der Waals surface area contributed by atoms with E-state index in [2.05, 4.69) is 13.2 Å².